The first-order valence-electron chi connectivity index (χ1n) is 17.8. The van der Waals surface area contributed by atoms with E-state index in [9.17, 15) is 14.7 Å². The highest BCUT2D eigenvalue weighted by molar-refractivity contribution is 5.94. The highest BCUT2D eigenvalue weighted by Gasteiger charge is 2.38. The van der Waals surface area contributed by atoms with Crippen LogP contribution in [0.1, 0.15) is 95.6 Å². The van der Waals surface area contributed by atoms with Crippen molar-refractivity contribution in [1.82, 2.24) is 9.80 Å². The number of aliphatic carboxylic acids is 2. The van der Waals surface area contributed by atoms with Gasteiger partial charge in [-0.05, 0) is 99.7 Å². The van der Waals surface area contributed by atoms with Gasteiger partial charge in [-0.1, -0.05) is 106 Å². The summed E-state index contributed by atoms with van der Waals surface area (Å²) in [6.07, 6.45) is 12.5. The van der Waals surface area contributed by atoms with Crippen molar-refractivity contribution >= 4 is 17.7 Å². The maximum Gasteiger partial charge on any atom is 0.321 e. The molecule has 2 aromatic carbocycles. The maximum absolute atomic E-state index is 11.8. The minimum absolute atomic E-state index is 0.222. The fourth-order valence-electron chi connectivity index (χ4n) is 7.31. The summed E-state index contributed by atoms with van der Waals surface area (Å²) in [4.78, 5) is 25.8. The highest BCUT2D eigenvalue weighted by Crippen LogP contribution is 2.35. The zero-order chi connectivity index (χ0) is 34.2. The lowest BCUT2D eigenvalue weighted by molar-refractivity contribution is -0.145. The Morgan fingerprint density at radius 3 is 1.98 bits per heavy atom. The summed E-state index contributed by atoms with van der Waals surface area (Å²) in [5, 5.41) is 25.7. The van der Waals surface area contributed by atoms with E-state index >= 15 is 0 Å². The zero-order valence-corrected chi connectivity index (χ0v) is 29.2. The Labute approximate surface area is 283 Å². The van der Waals surface area contributed by atoms with E-state index in [0.717, 1.165) is 44.5 Å². The van der Waals surface area contributed by atoms with Gasteiger partial charge in [0.15, 0.2) is 0 Å². The zero-order valence-electron chi connectivity index (χ0n) is 29.2. The number of piperidine rings is 1. The van der Waals surface area contributed by atoms with Crippen molar-refractivity contribution in [2.45, 2.75) is 96.9 Å². The van der Waals surface area contributed by atoms with Crippen LogP contribution in [0.15, 0.2) is 72.3 Å². The normalized spacial score (nSPS) is 20.4. The van der Waals surface area contributed by atoms with Gasteiger partial charge < -0.3 is 20.5 Å². The summed E-state index contributed by atoms with van der Waals surface area (Å²) >= 11 is 0. The van der Waals surface area contributed by atoms with Gasteiger partial charge in [-0.25, -0.2) is 0 Å². The Hall–Kier alpha value is -3.29. The molecule has 2 saturated heterocycles. The van der Waals surface area contributed by atoms with Crippen molar-refractivity contribution in [3.05, 3.63) is 83.4 Å². The van der Waals surface area contributed by atoms with Gasteiger partial charge in [0.2, 0.25) is 0 Å². The number of carboxylic acid groups (broad SMARTS) is 2. The van der Waals surface area contributed by atoms with Crippen LogP contribution in [0.3, 0.4) is 0 Å². The van der Waals surface area contributed by atoms with Crippen LogP contribution in [-0.2, 0) is 16.0 Å². The Bertz CT molecular complexity index is 1250. The second-order valence-corrected chi connectivity index (χ2v) is 13.9. The molecule has 3 N–H and O–H groups in total. The lowest BCUT2D eigenvalue weighted by Gasteiger charge is -2.33. The molecule has 0 radical (unpaired) electrons. The third kappa shape index (κ3) is 13.0. The van der Waals surface area contributed by atoms with Crippen molar-refractivity contribution in [3.8, 4) is 0 Å². The van der Waals surface area contributed by atoms with E-state index in [0.29, 0.717) is 23.7 Å². The Morgan fingerprint density at radius 1 is 0.872 bits per heavy atom. The average molecular weight is 646 g/mol. The summed E-state index contributed by atoms with van der Waals surface area (Å²) in [5.41, 5.74) is 4.80. The molecule has 3 aliphatic rings. The third-order valence-electron chi connectivity index (χ3n) is 9.97. The van der Waals surface area contributed by atoms with Gasteiger partial charge in [-0.3, -0.25) is 14.5 Å². The number of carbonyl (C=O) groups is 2. The van der Waals surface area contributed by atoms with E-state index in [4.69, 9.17) is 10.5 Å². The van der Waals surface area contributed by atoms with Crippen LogP contribution in [0, 0.1) is 23.2 Å². The lowest BCUT2D eigenvalue weighted by Crippen LogP contribution is -2.45. The minimum Gasteiger partial charge on any atom is -0.481 e. The number of nitrogens with one attached hydrogen (secondary N) is 1. The fraction of sp³-hybridized carbons (Fsp3) is 0.575. The summed E-state index contributed by atoms with van der Waals surface area (Å²) in [6, 6.07) is 20.6. The van der Waals surface area contributed by atoms with Gasteiger partial charge in [-0.2, -0.15) is 0 Å². The molecule has 1 saturated carbocycles. The number of carboxylic acids is 2. The minimum atomic E-state index is -0.745. The van der Waals surface area contributed by atoms with Crippen LogP contribution in [0.25, 0.3) is 0 Å². The van der Waals surface area contributed by atoms with Gasteiger partial charge in [0.25, 0.3) is 0 Å². The van der Waals surface area contributed by atoms with E-state index in [1.165, 1.54) is 61.9 Å². The molecule has 3 fully saturated rings. The molecule has 0 amide bonds. The van der Waals surface area contributed by atoms with Gasteiger partial charge in [-0.15, -0.1) is 0 Å². The lowest BCUT2D eigenvalue weighted by atomic mass is 9.82. The molecule has 47 heavy (non-hydrogen) atoms. The second-order valence-electron chi connectivity index (χ2n) is 13.9. The summed E-state index contributed by atoms with van der Waals surface area (Å²) in [7, 11) is 2.20. The van der Waals surface area contributed by atoms with Crippen LogP contribution in [0.4, 0.5) is 0 Å². The Kier molecular flexibility index (Phi) is 16.4. The predicted molar refractivity (Wildman–Crippen MR) is 192 cm³/mol. The van der Waals surface area contributed by atoms with Crippen LogP contribution in [0.5, 0.6) is 0 Å². The van der Waals surface area contributed by atoms with Crippen molar-refractivity contribution in [1.29, 1.82) is 5.41 Å². The van der Waals surface area contributed by atoms with Gasteiger partial charge in [0.1, 0.15) is 6.04 Å². The van der Waals surface area contributed by atoms with E-state index < -0.39 is 11.9 Å². The smallest absolute Gasteiger partial charge is 0.321 e. The number of rotatable bonds is 10. The molecule has 1 unspecified atom stereocenters. The molecule has 0 aromatic heterocycles. The SMILES string of the molecule is CC(C)/C(=C\C(=N)Cc1ccccc1)C1CCN(C)CC1.CCC(=O)O.O=C(O)[C@@H](C1CCCCC1)N1CCC(c2ccccc2)C1. The number of likely N-dealkylation sites (tertiary alicyclic amines) is 2. The summed E-state index contributed by atoms with van der Waals surface area (Å²) < 4.78 is 0. The van der Waals surface area contributed by atoms with E-state index in [1.807, 2.05) is 24.3 Å². The number of benzene rings is 2. The van der Waals surface area contributed by atoms with Crippen molar-refractivity contribution in [3.63, 3.8) is 0 Å². The van der Waals surface area contributed by atoms with Crippen molar-refractivity contribution in [2.24, 2.45) is 17.8 Å². The largest absolute Gasteiger partial charge is 0.481 e. The molecule has 2 aliphatic heterocycles. The Morgan fingerprint density at radius 2 is 1.45 bits per heavy atom. The number of hydrogen-bond donors (Lipinski definition) is 3. The van der Waals surface area contributed by atoms with Gasteiger partial charge in [0, 0.05) is 25.1 Å². The number of nitrogens with zero attached hydrogens (tertiary/aromatic N) is 2. The van der Waals surface area contributed by atoms with Gasteiger partial charge in [0.05, 0.1) is 0 Å². The molecule has 7 nitrogen and oxygen atoms in total. The van der Waals surface area contributed by atoms with E-state index in [-0.39, 0.29) is 12.5 Å². The van der Waals surface area contributed by atoms with Crippen LogP contribution >= 0.6 is 0 Å². The molecule has 2 atom stereocenters. The molecule has 7 heteroatoms. The predicted octanol–water partition coefficient (Wildman–Crippen LogP) is 8.16. The van der Waals surface area contributed by atoms with Crippen LogP contribution < -0.4 is 0 Å². The molecule has 0 bridgehead atoms. The molecule has 2 heterocycles. The fourth-order valence-corrected chi connectivity index (χ4v) is 7.31. The first-order valence-corrected chi connectivity index (χ1v) is 17.8. The first kappa shape index (κ1) is 38.2. The standard InChI is InChI=1S/C19H28N2.C18H25NO2.C3H6O2/c1-15(2)19(17-9-11-21(3)12-10-17)14-18(20)13-16-7-5-4-6-8-16;20-18(21)17(15-9-5-2-6-10-15)19-12-11-16(13-19)14-7-3-1-4-8-14;1-2-3(4)5/h4-8,14-15,17,20H,9-13H2,1-3H3;1,3-4,7-8,15-17H,2,5-6,9-13H2,(H,20,21);2H2,1H3,(H,4,5)/b19-14+,20-18?;;/t;16?,17-;/m.1./s1. The average Bonchev–Trinajstić information content (AvgIpc) is 3.55. The van der Waals surface area contributed by atoms with E-state index in [1.54, 1.807) is 6.92 Å². The van der Waals surface area contributed by atoms with E-state index in [2.05, 4.69) is 73.2 Å². The highest BCUT2D eigenvalue weighted by atomic mass is 16.4. The summed E-state index contributed by atoms with van der Waals surface area (Å²) in [6.45, 7) is 10.3. The molecule has 1 aliphatic carbocycles. The number of hydrogen-bond acceptors (Lipinski definition) is 5. The molecular formula is C40H59N3O4. The molecular weight excluding hydrogens is 586 g/mol. The molecule has 5 rings (SSSR count). The van der Waals surface area contributed by atoms with Crippen molar-refractivity contribution < 1.29 is 19.8 Å². The Balaban J connectivity index is 0.000000224. The first-order chi connectivity index (χ1) is 22.6. The molecule has 2 aromatic rings. The monoisotopic (exact) mass is 645 g/mol. The third-order valence-corrected chi connectivity index (χ3v) is 9.97. The number of allylic oxidation sites excluding steroid dienone is 2. The molecule has 258 valence electrons. The quantitative estimate of drug-likeness (QED) is 0.225. The molecule has 0 spiro atoms. The van der Waals surface area contributed by atoms with Gasteiger partial charge >= 0.3 is 11.9 Å². The topological polar surface area (TPSA) is 105 Å². The second kappa shape index (κ2) is 20.2. The maximum atomic E-state index is 11.8. The van der Waals surface area contributed by atoms with Crippen LogP contribution in [0.2, 0.25) is 0 Å². The summed E-state index contributed by atoms with van der Waals surface area (Å²) in [5.74, 6) is 0.690. The van der Waals surface area contributed by atoms with Crippen molar-refractivity contribution in [2.75, 3.05) is 33.2 Å². The van der Waals surface area contributed by atoms with Crippen LogP contribution in [-0.4, -0.2) is 76.9 Å².